The number of aliphatic carboxylic acids is 1. The molecule has 0 saturated carbocycles. The lowest BCUT2D eigenvalue weighted by Crippen LogP contribution is -2.35. The quantitative estimate of drug-likeness (QED) is 0.369. The van der Waals surface area contributed by atoms with Crippen LogP contribution in [0, 0.1) is 0 Å². The van der Waals surface area contributed by atoms with Crippen LogP contribution in [0.1, 0.15) is 18.1 Å². The van der Waals surface area contributed by atoms with E-state index in [1.54, 1.807) is 30.3 Å². The zero-order valence-electron chi connectivity index (χ0n) is 16.7. The molecule has 0 radical (unpaired) electrons. The number of hydrogen-bond acceptors (Lipinski definition) is 5. The lowest BCUT2D eigenvalue weighted by Gasteiger charge is -2.15. The molecule has 1 saturated heterocycles. The summed E-state index contributed by atoms with van der Waals surface area (Å²) in [5.74, 6) is -1.19. The maximum atomic E-state index is 12.4. The number of urea groups is 1. The summed E-state index contributed by atoms with van der Waals surface area (Å²) < 4.78 is 12.1. The highest BCUT2D eigenvalue weighted by atomic mass is 79.9. The smallest absolute Gasteiger partial charge is 0.329 e. The van der Waals surface area contributed by atoms with Crippen LogP contribution < -0.4 is 14.8 Å². The average molecular weight is 544 g/mol. The van der Waals surface area contributed by atoms with Crippen molar-refractivity contribution >= 4 is 63.1 Å². The van der Waals surface area contributed by atoms with Gasteiger partial charge in [-0.3, -0.25) is 9.59 Å². The Hall–Kier alpha value is -2.75. The minimum Gasteiger partial charge on any atom is -0.490 e. The molecule has 1 aliphatic rings. The second-order valence-electron chi connectivity index (χ2n) is 6.55. The van der Waals surface area contributed by atoms with Crippen molar-refractivity contribution in [2.45, 2.75) is 13.5 Å². The monoisotopic (exact) mass is 542 g/mol. The van der Waals surface area contributed by atoms with E-state index in [0.29, 0.717) is 43.1 Å². The summed E-state index contributed by atoms with van der Waals surface area (Å²) >= 11 is 15.5. The predicted molar refractivity (Wildman–Crippen MR) is 122 cm³/mol. The van der Waals surface area contributed by atoms with Gasteiger partial charge in [0.15, 0.2) is 11.5 Å². The lowest BCUT2D eigenvalue weighted by molar-refractivity contribution is -0.140. The van der Waals surface area contributed by atoms with Gasteiger partial charge in [0.1, 0.15) is 18.8 Å². The Morgan fingerprint density at radius 3 is 2.56 bits per heavy atom. The number of ether oxygens (including phenoxy) is 2. The Balaban J connectivity index is 1.87. The molecule has 1 aliphatic heterocycles. The number of halogens is 3. The number of imide groups is 1. The molecule has 0 bridgehead atoms. The molecule has 8 nitrogen and oxygen atoms in total. The van der Waals surface area contributed by atoms with Crippen molar-refractivity contribution in [2.24, 2.45) is 0 Å². The van der Waals surface area contributed by atoms with Gasteiger partial charge in [-0.05, 0) is 42.8 Å². The molecule has 11 heteroatoms. The van der Waals surface area contributed by atoms with Crippen LogP contribution in [0.15, 0.2) is 40.5 Å². The molecule has 0 aliphatic carbocycles. The Morgan fingerprint density at radius 2 is 1.91 bits per heavy atom. The molecule has 3 rings (SSSR count). The molecule has 2 aromatic carbocycles. The zero-order chi connectivity index (χ0) is 23.4. The number of benzene rings is 2. The van der Waals surface area contributed by atoms with Crippen LogP contribution in [-0.2, 0) is 16.2 Å². The van der Waals surface area contributed by atoms with E-state index >= 15 is 0 Å². The Morgan fingerprint density at radius 1 is 1.19 bits per heavy atom. The van der Waals surface area contributed by atoms with Gasteiger partial charge in [0, 0.05) is 20.1 Å². The van der Waals surface area contributed by atoms with Gasteiger partial charge in [-0.2, -0.15) is 0 Å². The third-order valence-electron chi connectivity index (χ3n) is 4.32. The second-order valence-corrected chi connectivity index (χ2v) is 8.25. The predicted octanol–water partition coefficient (Wildman–Crippen LogP) is 4.71. The number of nitrogens with zero attached hydrogens (tertiary/aromatic N) is 1. The van der Waals surface area contributed by atoms with Crippen molar-refractivity contribution in [3.63, 3.8) is 0 Å². The van der Waals surface area contributed by atoms with Gasteiger partial charge < -0.3 is 19.9 Å². The Bertz CT molecular complexity index is 1120. The van der Waals surface area contributed by atoms with Crippen LogP contribution in [-0.4, -0.2) is 41.1 Å². The highest BCUT2D eigenvalue weighted by molar-refractivity contribution is 9.10. The van der Waals surface area contributed by atoms with Crippen molar-refractivity contribution in [1.82, 2.24) is 10.2 Å². The van der Waals surface area contributed by atoms with Crippen molar-refractivity contribution in [3.05, 3.63) is 61.7 Å². The summed E-state index contributed by atoms with van der Waals surface area (Å²) in [6.07, 6.45) is 1.43. The maximum Gasteiger partial charge on any atom is 0.329 e. The summed E-state index contributed by atoms with van der Waals surface area (Å²) in [5, 5.41) is 12.2. The first-order chi connectivity index (χ1) is 15.2. The third kappa shape index (κ3) is 5.53. The third-order valence-corrected chi connectivity index (χ3v) is 5.59. The Kier molecular flexibility index (Phi) is 7.65. The van der Waals surface area contributed by atoms with Crippen molar-refractivity contribution in [2.75, 3.05) is 13.2 Å². The van der Waals surface area contributed by atoms with Gasteiger partial charge in [-0.1, -0.05) is 45.2 Å². The fraction of sp³-hybridized carbons (Fsp3) is 0.190. The summed E-state index contributed by atoms with van der Waals surface area (Å²) in [6, 6.07) is 7.59. The number of amides is 3. The molecule has 2 N–H and O–H groups in total. The highest BCUT2D eigenvalue weighted by Gasteiger charge is 2.35. The molecule has 0 aromatic heterocycles. The first-order valence-electron chi connectivity index (χ1n) is 9.29. The molecule has 2 aromatic rings. The summed E-state index contributed by atoms with van der Waals surface area (Å²) in [4.78, 5) is 35.8. The van der Waals surface area contributed by atoms with Crippen LogP contribution in [0.5, 0.6) is 11.5 Å². The summed E-state index contributed by atoms with van der Waals surface area (Å²) in [7, 11) is 0. The molecule has 3 amide bonds. The number of carbonyl (C=O) groups excluding carboxylic acids is 2. The largest absolute Gasteiger partial charge is 0.490 e. The molecular formula is C21H17BrCl2N2O6. The number of carboxylic acid groups (broad SMARTS) is 1. The van der Waals surface area contributed by atoms with E-state index in [1.807, 2.05) is 6.92 Å². The molecule has 1 heterocycles. The second kappa shape index (κ2) is 10.2. The van der Waals surface area contributed by atoms with E-state index in [9.17, 15) is 14.4 Å². The van der Waals surface area contributed by atoms with Crippen molar-refractivity contribution in [1.29, 1.82) is 0 Å². The SMILES string of the molecule is CCOc1cc(/C=C2/NC(=O)N(CC(=O)O)C2=O)c(Br)cc1OCc1ccc(Cl)cc1Cl. The van der Waals surface area contributed by atoms with Crippen LogP contribution in [0.3, 0.4) is 0 Å². The first-order valence-corrected chi connectivity index (χ1v) is 10.8. The molecule has 32 heavy (non-hydrogen) atoms. The zero-order valence-corrected chi connectivity index (χ0v) is 19.8. The fourth-order valence-electron chi connectivity index (χ4n) is 2.84. The fourth-order valence-corrected chi connectivity index (χ4v) is 3.74. The number of rotatable bonds is 8. The van der Waals surface area contributed by atoms with Gasteiger partial charge in [0.25, 0.3) is 5.91 Å². The van der Waals surface area contributed by atoms with Crippen LogP contribution in [0.2, 0.25) is 10.0 Å². The van der Waals surface area contributed by atoms with E-state index in [1.165, 1.54) is 6.08 Å². The normalized spacial score (nSPS) is 14.6. The lowest BCUT2D eigenvalue weighted by atomic mass is 10.1. The minimum atomic E-state index is -1.29. The maximum absolute atomic E-state index is 12.4. The average Bonchev–Trinajstić information content (AvgIpc) is 2.97. The van der Waals surface area contributed by atoms with Crippen LogP contribution >= 0.6 is 39.1 Å². The number of carbonyl (C=O) groups is 3. The van der Waals surface area contributed by atoms with Gasteiger partial charge >= 0.3 is 12.0 Å². The van der Waals surface area contributed by atoms with Gasteiger partial charge in [-0.25, -0.2) is 9.69 Å². The Labute approximate surface area is 201 Å². The highest BCUT2D eigenvalue weighted by Crippen LogP contribution is 2.36. The van der Waals surface area contributed by atoms with Crippen molar-refractivity contribution < 1.29 is 29.0 Å². The number of hydrogen-bond donors (Lipinski definition) is 2. The minimum absolute atomic E-state index is 0.0546. The van der Waals surface area contributed by atoms with E-state index in [4.69, 9.17) is 37.8 Å². The molecule has 168 valence electrons. The molecule has 0 atom stereocenters. The van der Waals surface area contributed by atoms with Crippen LogP contribution in [0.25, 0.3) is 6.08 Å². The van der Waals surface area contributed by atoms with Gasteiger partial charge in [0.2, 0.25) is 0 Å². The van der Waals surface area contributed by atoms with Gasteiger partial charge in [-0.15, -0.1) is 0 Å². The molecule has 1 fully saturated rings. The van der Waals surface area contributed by atoms with Crippen molar-refractivity contribution in [3.8, 4) is 11.5 Å². The van der Waals surface area contributed by atoms with Crippen LogP contribution in [0.4, 0.5) is 4.79 Å². The van der Waals surface area contributed by atoms with Gasteiger partial charge in [0.05, 0.1) is 6.61 Å². The number of carboxylic acids is 1. The van der Waals surface area contributed by atoms with E-state index in [0.717, 1.165) is 5.56 Å². The van der Waals surface area contributed by atoms with E-state index < -0.39 is 24.5 Å². The topological polar surface area (TPSA) is 105 Å². The molecule has 0 spiro atoms. The molecular weight excluding hydrogens is 527 g/mol. The van der Waals surface area contributed by atoms with E-state index in [2.05, 4.69) is 21.2 Å². The first kappa shape index (κ1) is 23.9. The number of nitrogens with one attached hydrogen (secondary N) is 1. The summed E-state index contributed by atoms with van der Waals surface area (Å²) in [5.41, 5.74) is 1.20. The van der Waals surface area contributed by atoms with E-state index in [-0.39, 0.29) is 12.3 Å². The summed E-state index contributed by atoms with van der Waals surface area (Å²) in [6.45, 7) is 1.61. The standard InChI is InChI=1S/C21H17BrCl2N2O6/c1-2-31-17-6-12(5-16-20(29)26(9-19(27)28)21(30)25-16)14(22)8-18(17)32-10-11-3-4-13(23)7-15(11)24/h3-8H,2,9-10H2,1H3,(H,25,30)(H,27,28)/b16-5+. The molecule has 0 unspecified atom stereocenters.